The summed E-state index contributed by atoms with van der Waals surface area (Å²) in [6.07, 6.45) is 3.11. The van der Waals surface area contributed by atoms with Crippen LogP contribution in [0.3, 0.4) is 0 Å². The van der Waals surface area contributed by atoms with Crippen LogP contribution < -0.4 is 22.3 Å². The first kappa shape index (κ1) is 25.0. The quantitative estimate of drug-likeness (QED) is 0.318. The minimum Gasteiger partial charge on any atom is -0.329 e. The van der Waals surface area contributed by atoms with Gasteiger partial charge >= 0.3 is 11.4 Å². The number of nitrogens with zero attached hydrogens (tertiary/aromatic N) is 5. The molecule has 0 saturated carbocycles. The molecular weight excluding hydrogens is 527 g/mol. The van der Waals surface area contributed by atoms with Crippen LogP contribution in [-0.4, -0.2) is 28.9 Å². The molecule has 0 saturated heterocycles. The molecule has 0 bridgehead atoms. The Bertz CT molecular complexity index is 1870. The van der Waals surface area contributed by atoms with E-state index in [9.17, 15) is 27.6 Å². The topological polar surface area (TPSA) is 120 Å². The van der Waals surface area contributed by atoms with Crippen LogP contribution in [0.15, 0.2) is 63.2 Å². The van der Waals surface area contributed by atoms with Gasteiger partial charge in [-0.1, -0.05) is 17.7 Å². The summed E-state index contributed by atoms with van der Waals surface area (Å²) in [6.45, 7) is -0.921. The Hall–Kier alpha value is -4.65. The van der Waals surface area contributed by atoms with Crippen molar-refractivity contribution < 1.29 is 13.2 Å². The lowest BCUT2D eigenvalue weighted by atomic mass is 10.2. The number of hydrogen-bond donors (Lipinski definition) is 2. The molecule has 0 unspecified atom stereocenters. The van der Waals surface area contributed by atoms with Crippen molar-refractivity contribution in [2.75, 3.05) is 5.32 Å². The van der Waals surface area contributed by atoms with Gasteiger partial charge in [0.25, 0.3) is 5.56 Å². The zero-order valence-corrected chi connectivity index (χ0v) is 20.3. The number of anilines is 2. The van der Waals surface area contributed by atoms with E-state index in [1.807, 2.05) is 0 Å². The number of rotatable bonds is 6. The van der Waals surface area contributed by atoms with E-state index < -0.39 is 47.5 Å². The maximum atomic E-state index is 13.9. The van der Waals surface area contributed by atoms with Gasteiger partial charge in [0, 0.05) is 30.4 Å². The first-order chi connectivity index (χ1) is 18.1. The van der Waals surface area contributed by atoms with Crippen molar-refractivity contribution in [1.82, 2.24) is 28.9 Å². The molecule has 0 aliphatic rings. The van der Waals surface area contributed by atoms with Crippen LogP contribution >= 0.6 is 11.6 Å². The lowest BCUT2D eigenvalue weighted by Gasteiger charge is -2.16. The number of nitrogens with one attached hydrogen (secondary N) is 2. The van der Waals surface area contributed by atoms with Crippen molar-refractivity contribution in [3.8, 4) is 0 Å². The summed E-state index contributed by atoms with van der Waals surface area (Å²) in [4.78, 5) is 44.9. The van der Waals surface area contributed by atoms with E-state index in [0.29, 0.717) is 15.5 Å². The van der Waals surface area contributed by atoms with Crippen LogP contribution in [0.25, 0.3) is 10.9 Å². The number of pyridine rings is 1. The molecule has 0 radical (unpaired) electrons. The van der Waals surface area contributed by atoms with Crippen molar-refractivity contribution in [2.45, 2.75) is 13.1 Å². The molecule has 0 spiro atoms. The minimum absolute atomic E-state index is 0.102. The van der Waals surface area contributed by atoms with Gasteiger partial charge in [-0.3, -0.25) is 14.0 Å². The monoisotopic (exact) mass is 543 g/mol. The van der Waals surface area contributed by atoms with E-state index in [0.717, 1.165) is 16.7 Å². The number of aromatic amines is 1. The van der Waals surface area contributed by atoms with Gasteiger partial charge in [-0.25, -0.2) is 27.3 Å². The molecule has 10 nitrogen and oxygen atoms in total. The van der Waals surface area contributed by atoms with Crippen molar-refractivity contribution in [3.05, 3.63) is 114 Å². The molecular formula is C24H17ClF3N7O3. The van der Waals surface area contributed by atoms with Crippen LogP contribution in [0.2, 0.25) is 5.02 Å². The van der Waals surface area contributed by atoms with Gasteiger partial charge in [-0.05, 0) is 35.9 Å². The molecule has 3 heterocycles. The van der Waals surface area contributed by atoms with Crippen LogP contribution in [0.5, 0.6) is 0 Å². The van der Waals surface area contributed by atoms with Gasteiger partial charge < -0.3 is 10.3 Å². The Balaban J connectivity index is 1.65. The molecule has 0 atom stereocenters. The number of fused-ring (bicyclic) bond motifs is 1. The lowest BCUT2D eigenvalue weighted by molar-refractivity contribution is 0.444. The zero-order valence-electron chi connectivity index (χ0n) is 19.5. The Morgan fingerprint density at radius 1 is 1.03 bits per heavy atom. The van der Waals surface area contributed by atoms with Crippen LogP contribution in [-0.2, 0) is 20.1 Å². The van der Waals surface area contributed by atoms with Crippen molar-refractivity contribution in [3.63, 3.8) is 0 Å². The molecule has 0 amide bonds. The minimum atomic E-state index is -1.66. The van der Waals surface area contributed by atoms with E-state index in [4.69, 9.17) is 11.6 Å². The van der Waals surface area contributed by atoms with E-state index >= 15 is 0 Å². The number of H-pyrrole nitrogens is 1. The highest BCUT2D eigenvalue weighted by Crippen LogP contribution is 2.29. The zero-order chi connectivity index (χ0) is 27.1. The highest BCUT2D eigenvalue weighted by atomic mass is 35.5. The number of hydrogen-bond acceptors (Lipinski definition) is 6. The molecule has 0 aliphatic heterocycles. The van der Waals surface area contributed by atoms with Crippen molar-refractivity contribution in [2.24, 2.45) is 7.05 Å². The van der Waals surface area contributed by atoms with E-state index in [1.165, 1.54) is 18.3 Å². The predicted molar refractivity (Wildman–Crippen MR) is 133 cm³/mol. The van der Waals surface area contributed by atoms with Gasteiger partial charge in [0.15, 0.2) is 17.5 Å². The Labute approximate surface area is 215 Å². The molecule has 2 aromatic carbocycles. The Morgan fingerprint density at radius 2 is 1.76 bits per heavy atom. The van der Waals surface area contributed by atoms with E-state index in [1.54, 1.807) is 30.1 Å². The summed E-state index contributed by atoms with van der Waals surface area (Å²) in [5, 5.41) is 7.96. The van der Waals surface area contributed by atoms with E-state index in [-0.39, 0.29) is 27.8 Å². The second-order valence-corrected chi connectivity index (χ2v) is 8.80. The van der Waals surface area contributed by atoms with Crippen LogP contribution in [0.1, 0.15) is 11.1 Å². The van der Waals surface area contributed by atoms with Gasteiger partial charge in [0.2, 0.25) is 5.95 Å². The van der Waals surface area contributed by atoms with Crippen LogP contribution in [0, 0.1) is 17.5 Å². The fraction of sp³-hybridized carbons (Fsp3) is 0.125. The smallest absolute Gasteiger partial charge is 0.329 e. The summed E-state index contributed by atoms with van der Waals surface area (Å²) >= 11 is 6.38. The molecule has 5 rings (SSSR count). The summed E-state index contributed by atoms with van der Waals surface area (Å²) < 4.78 is 44.5. The largest absolute Gasteiger partial charge is 0.355 e. The highest BCUT2D eigenvalue weighted by molar-refractivity contribution is 6.34. The highest BCUT2D eigenvalue weighted by Gasteiger charge is 2.19. The second kappa shape index (κ2) is 9.67. The first-order valence-electron chi connectivity index (χ1n) is 11.0. The fourth-order valence-electron chi connectivity index (χ4n) is 3.92. The normalized spacial score (nSPS) is 11.3. The third kappa shape index (κ3) is 4.70. The third-order valence-electron chi connectivity index (χ3n) is 5.72. The summed E-state index contributed by atoms with van der Waals surface area (Å²) in [5.74, 6) is -4.87. The number of halogens is 4. The van der Waals surface area contributed by atoms with Crippen molar-refractivity contribution >= 4 is 34.1 Å². The van der Waals surface area contributed by atoms with Crippen LogP contribution in [0.4, 0.5) is 24.8 Å². The molecule has 0 fully saturated rings. The maximum Gasteiger partial charge on any atom is 0.355 e. The molecule has 14 heteroatoms. The first-order valence-corrected chi connectivity index (χ1v) is 11.4. The van der Waals surface area contributed by atoms with Crippen molar-refractivity contribution in [1.29, 1.82) is 0 Å². The molecule has 2 N–H and O–H groups in total. The number of aryl methyl sites for hydroxylation is 1. The van der Waals surface area contributed by atoms with E-state index in [2.05, 4.69) is 20.4 Å². The average Bonchev–Trinajstić information content (AvgIpc) is 3.22. The van der Waals surface area contributed by atoms with Gasteiger partial charge in [0.05, 0.1) is 29.3 Å². The average molecular weight is 544 g/mol. The molecule has 38 heavy (non-hydrogen) atoms. The predicted octanol–water partition coefficient (Wildman–Crippen LogP) is 2.89. The molecule has 194 valence electrons. The van der Waals surface area contributed by atoms with Gasteiger partial charge in [-0.15, -0.1) is 0 Å². The SMILES string of the molecule is Cn1cc2cc(Nc3nc(=O)n(Cc4ccc[nH]c4=O)c(=O)n3Cc3cc(F)c(F)c(F)c3)c(Cl)cc2n1. The standard InChI is InChI=1S/C24H17ClF3N7O3/c1-33-10-14-7-19(15(25)8-18(14)32-33)30-22-31-23(37)35(11-13-3-2-4-29-21(13)36)24(38)34(22)9-12-5-16(26)20(28)17(27)6-12/h2-8,10H,9,11H2,1H3,(H,29,36)(H,30,31,37). The molecule has 5 aromatic rings. The summed E-state index contributed by atoms with van der Waals surface area (Å²) in [7, 11) is 1.72. The summed E-state index contributed by atoms with van der Waals surface area (Å²) in [6, 6.07) is 7.57. The van der Waals surface area contributed by atoms with Gasteiger partial charge in [0.1, 0.15) is 0 Å². The lowest BCUT2D eigenvalue weighted by Crippen LogP contribution is -2.43. The molecule has 3 aromatic heterocycles. The Morgan fingerprint density at radius 3 is 2.47 bits per heavy atom. The fourth-order valence-corrected chi connectivity index (χ4v) is 4.13. The maximum absolute atomic E-state index is 13.9. The Kier molecular flexibility index (Phi) is 6.36. The number of aromatic nitrogens is 6. The summed E-state index contributed by atoms with van der Waals surface area (Å²) in [5.41, 5.74) is -1.62. The number of benzene rings is 2. The second-order valence-electron chi connectivity index (χ2n) is 8.39. The third-order valence-corrected chi connectivity index (χ3v) is 6.03. The van der Waals surface area contributed by atoms with Gasteiger partial charge in [-0.2, -0.15) is 10.1 Å². The molecule has 0 aliphatic carbocycles.